The molecule has 0 aliphatic rings. The lowest BCUT2D eigenvalue weighted by Gasteiger charge is -2.10. The molecule has 0 saturated heterocycles. The Hall–Kier alpha value is -2.15. The van der Waals surface area contributed by atoms with Gasteiger partial charge in [0.05, 0.1) is 5.39 Å². The zero-order valence-electron chi connectivity index (χ0n) is 13.9. The second-order valence-corrected chi connectivity index (χ2v) is 8.50. The maximum absolute atomic E-state index is 13.2. The van der Waals surface area contributed by atoms with Crippen molar-refractivity contribution in [3.63, 3.8) is 0 Å². The van der Waals surface area contributed by atoms with E-state index in [1.165, 1.54) is 16.2 Å². The van der Waals surface area contributed by atoms with E-state index in [9.17, 15) is 4.79 Å². The van der Waals surface area contributed by atoms with Crippen LogP contribution in [-0.2, 0) is 12.3 Å². The first-order valence-electron chi connectivity index (χ1n) is 8.11. The molecule has 0 radical (unpaired) electrons. The summed E-state index contributed by atoms with van der Waals surface area (Å²) in [4.78, 5) is 20.1. The number of thioether (sulfide) groups is 1. The molecular formula is C20H16N2OS3. The molecule has 0 spiro atoms. The second-order valence-electron chi connectivity index (χ2n) is 5.66. The van der Waals surface area contributed by atoms with Crippen molar-refractivity contribution in [1.29, 1.82) is 0 Å². The van der Waals surface area contributed by atoms with Gasteiger partial charge in [0.25, 0.3) is 5.56 Å². The zero-order chi connectivity index (χ0) is 17.9. The van der Waals surface area contributed by atoms with E-state index in [0.717, 1.165) is 26.9 Å². The molecule has 0 N–H and O–H groups in total. The Morgan fingerprint density at radius 1 is 1.15 bits per heavy atom. The number of nitrogens with zero attached hydrogens (tertiary/aromatic N) is 2. The SMILES string of the molecule is C=CCn1c(SCc2cccs2)nc2scc(-c3ccccc3)c2c1=O. The molecule has 1 aromatic carbocycles. The number of rotatable bonds is 6. The lowest BCUT2D eigenvalue weighted by Crippen LogP contribution is -2.22. The van der Waals surface area contributed by atoms with Crippen LogP contribution in [0.3, 0.4) is 0 Å². The van der Waals surface area contributed by atoms with Crippen LogP contribution in [0.2, 0.25) is 0 Å². The second kappa shape index (κ2) is 7.61. The summed E-state index contributed by atoms with van der Waals surface area (Å²) < 4.78 is 1.73. The summed E-state index contributed by atoms with van der Waals surface area (Å²) in [5.41, 5.74) is 2.00. The van der Waals surface area contributed by atoms with E-state index in [2.05, 4.69) is 18.0 Å². The summed E-state index contributed by atoms with van der Waals surface area (Å²) in [5, 5.41) is 5.54. The Morgan fingerprint density at radius 2 is 2.00 bits per heavy atom. The first-order valence-corrected chi connectivity index (χ1v) is 10.9. The topological polar surface area (TPSA) is 34.9 Å². The fraction of sp³-hybridized carbons (Fsp3) is 0.100. The van der Waals surface area contributed by atoms with Crippen molar-refractivity contribution in [2.75, 3.05) is 0 Å². The summed E-state index contributed by atoms with van der Waals surface area (Å²) in [6, 6.07) is 14.1. The van der Waals surface area contributed by atoms with Crippen molar-refractivity contribution in [1.82, 2.24) is 9.55 Å². The molecule has 0 aliphatic carbocycles. The first kappa shape index (κ1) is 17.3. The van der Waals surface area contributed by atoms with Gasteiger partial charge < -0.3 is 0 Å². The monoisotopic (exact) mass is 396 g/mol. The van der Waals surface area contributed by atoms with Crippen LogP contribution in [0.15, 0.2) is 75.8 Å². The van der Waals surface area contributed by atoms with E-state index in [1.54, 1.807) is 33.7 Å². The standard InChI is InChI=1S/C20H16N2OS3/c1-2-10-22-19(23)17-16(14-7-4-3-5-8-14)13-25-18(17)21-20(22)26-12-15-9-6-11-24-15/h2-9,11,13H,1,10,12H2. The van der Waals surface area contributed by atoms with Crippen LogP contribution in [0.25, 0.3) is 21.3 Å². The van der Waals surface area contributed by atoms with Gasteiger partial charge in [0.2, 0.25) is 0 Å². The maximum atomic E-state index is 13.2. The Bertz CT molecular complexity index is 1100. The molecule has 0 saturated carbocycles. The molecule has 6 heteroatoms. The summed E-state index contributed by atoms with van der Waals surface area (Å²) in [7, 11) is 0. The quantitative estimate of drug-likeness (QED) is 0.239. The highest BCUT2D eigenvalue weighted by Gasteiger charge is 2.17. The van der Waals surface area contributed by atoms with Crippen molar-refractivity contribution in [3.8, 4) is 11.1 Å². The van der Waals surface area contributed by atoms with Crippen molar-refractivity contribution < 1.29 is 0 Å². The normalized spacial score (nSPS) is 11.1. The number of fused-ring (bicyclic) bond motifs is 1. The minimum Gasteiger partial charge on any atom is -0.283 e. The van der Waals surface area contributed by atoms with Gasteiger partial charge in [-0.3, -0.25) is 9.36 Å². The zero-order valence-corrected chi connectivity index (χ0v) is 16.4. The largest absolute Gasteiger partial charge is 0.283 e. The smallest absolute Gasteiger partial charge is 0.263 e. The number of benzene rings is 1. The van der Waals surface area contributed by atoms with Gasteiger partial charge >= 0.3 is 0 Å². The van der Waals surface area contributed by atoms with Crippen molar-refractivity contribution in [2.45, 2.75) is 17.5 Å². The van der Waals surface area contributed by atoms with Gasteiger partial charge in [-0.25, -0.2) is 4.98 Å². The molecule has 0 amide bonds. The average Bonchev–Trinajstić information content (AvgIpc) is 3.33. The third-order valence-corrected chi connectivity index (χ3v) is 6.94. The van der Waals surface area contributed by atoms with Gasteiger partial charge in [0.1, 0.15) is 4.83 Å². The maximum Gasteiger partial charge on any atom is 0.263 e. The Labute approximate surface area is 163 Å². The Balaban J connectivity index is 1.82. The van der Waals surface area contributed by atoms with E-state index in [1.807, 2.05) is 41.8 Å². The van der Waals surface area contributed by atoms with Gasteiger partial charge in [-0.1, -0.05) is 54.2 Å². The molecule has 130 valence electrons. The molecule has 0 atom stereocenters. The van der Waals surface area contributed by atoms with Gasteiger partial charge in [-0.2, -0.15) is 0 Å². The summed E-state index contributed by atoms with van der Waals surface area (Å²) in [5.74, 6) is 0.809. The van der Waals surface area contributed by atoms with E-state index >= 15 is 0 Å². The van der Waals surface area contributed by atoms with Crippen LogP contribution in [0.4, 0.5) is 0 Å². The molecule has 0 aliphatic heterocycles. The fourth-order valence-corrected chi connectivity index (χ4v) is 5.54. The number of thiophene rings is 2. The Kier molecular flexibility index (Phi) is 5.06. The van der Waals surface area contributed by atoms with E-state index < -0.39 is 0 Å². The van der Waals surface area contributed by atoms with E-state index in [0.29, 0.717) is 11.9 Å². The van der Waals surface area contributed by atoms with E-state index in [-0.39, 0.29) is 5.56 Å². The molecule has 3 aromatic heterocycles. The third kappa shape index (κ3) is 3.28. The lowest BCUT2D eigenvalue weighted by atomic mass is 10.1. The predicted octanol–water partition coefficient (Wildman–Crippen LogP) is 5.66. The van der Waals surface area contributed by atoms with Crippen LogP contribution < -0.4 is 5.56 Å². The highest BCUT2D eigenvalue weighted by molar-refractivity contribution is 7.98. The van der Waals surface area contributed by atoms with Gasteiger partial charge in [0.15, 0.2) is 5.16 Å². The van der Waals surface area contributed by atoms with Crippen LogP contribution >= 0.6 is 34.4 Å². The molecule has 3 heterocycles. The fourth-order valence-electron chi connectivity index (χ4n) is 2.77. The van der Waals surface area contributed by atoms with Crippen molar-refractivity contribution >= 4 is 44.7 Å². The number of allylic oxidation sites excluding steroid dienone is 1. The van der Waals surface area contributed by atoms with Crippen LogP contribution in [-0.4, -0.2) is 9.55 Å². The summed E-state index contributed by atoms with van der Waals surface area (Å²) in [6.45, 7) is 4.26. The van der Waals surface area contributed by atoms with Crippen molar-refractivity contribution in [2.24, 2.45) is 0 Å². The number of hydrogen-bond acceptors (Lipinski definition) is 5. The molecule has 4 rings (SSSR count). The molecule has 4 aromatic rings. The molecule has 0 bridgehead atoms. The van der Waals surface area contributed by atoms with Gasteiger partial charge in [-0.05, 0) is 17.0 Å². The molecule has 0 fully saturated rings. The summed E-state index contributed by atoms with van der Waals surface area (Å²) in [6.07, 6.45) is 1.75. The van der Waals surface area contributed by atoms with Crippen LogP contribution in [0.1, 0.15) is 4.88 Å². The minimum atomic E-state index is 0.00341. The molecule has 0 unspecified atom stereocenters. The Morgan fingerprint density at radius 3 is 2.73 bits per heavy atom. The van der Waals surface area contributed by atoms with Crippen LogP contribution in [0.5, 0.6) is 0 Å². The average molecular weight is 397 g/mol. The molecular weight excluding hydrogens is 380 g/mol. The lowest BCUT2D eigenvalue weighted by molar-refractivity contribution is 0.673. The summed E-state index contributed by atoms with van der Waals surface area (Å²) >= 11 is 4.84. The minimum absolute atomic E-state index is 0.00341. The molecule has 3 nitrogen and oxygen atoms in total. The number of aromatic nitrogens is 2. The number of hydrogen-bond donors (Lipinski definition) is 0. The molecule has 26 heavy (non-hydrogen) atoms. The van der Waals surface area contributed by atoms with Crippen LogP contribution in [0, 0.1) is 0 Å². The predicted molar refractivity (Wildman–Crippen MR) is 113 cm³/mol. The van der Waals surface area contributed by atoms with Crippen molar-refractivity contribution in [3.05, 3.63) is 81.1 Å². The van der Waals surface area contributed by atoms with Gasteiger partial charge in [-0.15, -0.1) is 29.3 Å². The highest BCUT2D eigenvalue weighted by Crippen LogP contribution is 2.32. The third-order valence-electron chi connectivity index (χ3n) is 3.98. The van der Waals surface area contributed by atoms with Gasteiger partial charge in [0, 0.05) is 28.1 Å². The van der Waals surface area contributed by atoms with E-state index in [4.69, 9.17) is 4.98 Å². The first-order chi connectivity index (χ1) is 12.8. The highest BCUT2D eigenvalue weighted by atomic mass is 32.2.